The van der Waals surface area contributed by atoms with Crippen LogP contribution in [0.15, 0.2) is 18.2 Å². The van der Waals surface area contributed by atoms with E-state index in [-0.39, 0.29) is 11.4 Å². The largest absolute Gasteiger partial charge is 0.494 e. The Balaban J connectivity index is 1.72. The van der Waals surface area contributed by atoms with Gasteiger partial charge in [-0.25, -0.2) is 4.39 Å². The molecule has 1 heterocycles. The van der Waals surface area contributed by atoms with Gasteiger partial charge in [-0.1, -0.05) is 6.07 Å². The predicted octanol–water partition coefficient (Wildman–Crippen LogP) is 2.80. The molecule has 0 radical (unpaired) electrons. The molecule has 3 rings (SSSR count). The van der Waals surface area contributed by atoms with Crippen molar-refractivity contribution in [2.24, 2.45) is 5.92 Å². The molecule has 0 aromatic heterocycles. The molecule has 2 fully saturated rings. The van der Waals surface area contributed by atoms with E-state index >= 15 is 0 Å². The van der Waals surface area contributed by atoms with Crippen LogP contribution in [0.2, 0.25) is 0 Å². The van der Waals surface area contributed by atoms with E-state index in [1.165, 1.54) is 20.0 Å². The first-order chi connectivity index (χ1) is 9.99. The van der Waals surface area contributed by atoms with Crippen LogP contribution in [0, 0.1) is 11.7 Å². The van der Waals surface area contributed by atoms with Crippen molar-refractivity contribution in [3.8, 4) is 5.75 Å². The molecular weight excluding hydrogens is 267 g/mol. The van der Waals surface area contributed by atoms with Crippen molar-refractivity contribution in [3.05, 3.63) is 29.6 Å². The molecule has 1 N–H and O–H groups in total. The van der Waals surface area contributed by atoms with E-state index in [4.69, 9.17) is 4.74 Å². The summed E-state index contributed by atoms with van der Waals surface area (Å²) < 4.78 is 18.8. The van der Waals surface area contributed by atoms with E-state index in [1.807, 2.05) is 6.07 Å². The number of nitrogens with one attached hydrogen (secondary N) is 1. The summed E-state index contributed by atoms with van der Waals surface area (Å²) in [6.45, 7) is 7.34. The van der Waals surface area contributed by atoms with Crippen LogP contribution in [0.1, 0.15) is 32.3 Å². The standard InChI is InChI=1S/C17H25FN2O/c1-17(2)11-19-15(13-5-6-13)10-20(17)9-12-4-7-16(21-3)14(18)8-12/h4,7-8,13,15,19H,5-6,9-11H2,1-3H3. The first kappa shape index (κ1) is 14.8. The quantitative estimate of drug-likeness (QED) is 0.923. The molecule has 0 spiro atoms. The van der Waals surface area contributed by atoms with Crippen molar-refractivity contribution in [3.63, 3.8) is 0 Å². The maximum absolute atomic E-state index is 13.9. The molecule has 4 heteroatoms. The second kappa shape index (κ2) is 5.58. The molecule has 21 heavy (non-hydrogen) atoms. The Morgan fingerprint density at radius 1 is 1.38 bits per heavy atom. The molecule has 1 aromatic carbocycles. The number of methoxy groups -OCH3 is 1. The summed E-state index contributed by atoms with van der Waals surface area (Å²) in [5, 5.41) is 3.68. The topological polar surface area (TPSA) is 24.5 Å². The number of benzene rings is 1. The Morgan fingerprint density at radius 3 is 2.76 bits per heavy atom. The fourth-order valence-corrected chi connectivity index (χ4v) is 3.16. The monoisotopic (exact) mass is 292 g/mol. The number of hydrogen-bond donors (Lipinski definition) is 1. The van der Waals surface area contributed by atoms with Crippen LogP contribution < -0.4 is 10.1 Å². The van der Waals surface area contributed by atoms with Crippen molar-refractivity contribution in [1.82, 2.24) is 10.2 Å². The van der Waals surface area contributed by atoms with Crippen LogP contribution in [-0.4, -0.2) is 36.7 Å². The van der Waals surface area contributed by atoms with Crippen molar-refractivity contribution in [1.29, 1.82) is 0 Å². The highest BCUT2D eigenvalue weighted by atomic mass is 19.1. The van der Waals surface area contributed by atoms with Gasteiger partial charge in [-0.05, 0) is 50.3 Å². The van der Waals surface area contributed by atoms with Gasteiger partial charge in [0, 0.05) is 31.2 Å². The lowest BCUT2D eigenvalue weighted by Gasteiger charge is -2.46. The second-order valence-electron chi connectivity index (χ2n) is 6.99. The maximum atomic E-state index is 13.9. The highest BCUT2D eigenvalue weighted by molar-refractivity contribution is 5.29. The molecule has 1 atom stereocenters. The first-order valence-corrected chi connectivity index (χ1v) is 7.80. The van der Waals surface area contributed by atoms with Gasteiger partial charge in [0.15, 0.2) is 11.6 Å². The molecule has 2 aliphatic rings. The fourth-order valence-electron chi connectivity index (χ4n) is 3.16. The SMILES string of the molecule is COc1ccc(CN2CC(C3CC3)NCC2(C)C)cc1F. The molecule has 1 aliphatic carbocycles. The van der Waals surface area contributed by atoms with Gasteiger partial charge < -0.3 is 10.1 Å². The lowest BCUT2D eigenvalue weighted by atomic mass is 9.95. The van der Waals surface area contributed by atoms with E-state index < -0.39 is 0 Å². The molecule has 3 nitrogen and oxygen atoms in total. The van der Waals surface area contributed by atoms with Crippen LogP contribution >= 0.6 is 0 Å². The van der Waals surface area contributed by atoms with E-state index in [9.17, 15) is 4.39 Å². The summed E-state index contributed by atoms with van der Waals surface area (Å²) >= 11 is 0. The molecule has 116 valence electrons. The predicted molar refractivity (Wildman–Crippen MR) is 82.0 cm³/mol. The normalized spacial score (nSPS) is 25.8. The van der Waals surface area contributed by atoms with Crippen molar-refractivity contribution >= 4 is 0 Å². The van der Waals surface area contributed by atoms with Gasteiger partial charge in [0.25, 0.3) is 0 Å². The minimum absolute atomic E-state index is 0.0990. The van der Waals surface area contributed by atoms with Crippen molar-refractivity contribution in [2.45, 2.75) is 44.8 Å². The summed E-state index contributed by atoms with van der Waals surface area (Å²) in [5.74, 6) is 0.882. The lowest BCUT2D eigenvalue weighted by molar-refractivity contribution is 0.0533. The van der Waals surface area contributed by atoms with Crippen LogP contribution in [-0.2, 0) is 6.54 Å². The van der Waals surface area contributed by atoms with Gasteiger partial charge in [-0.15, -0.1) is 0 Å². The third-order valence-electron chi connectivity index (χ3n) is 4.85. The molecule has 1 saturated heterocycles. The number of hydrogen-bond acceptors (Lipinski definition) is 3. The van der Waals surface area contributed by atoms with Crippen LogP contribution in [0.4, 0.5) is 4.39 Å². The molecule has 1 aliphatic heterocycles. The van der Waals surface area contributed by atoms with Gasteiger partial charge in [-0.3, -0.25) is 4.90 Å². The van der Waals surface area contributed by atoms with E-state index in [0.717, 1.165) is 31.1 Å². The minimum atomic E-state index is -0.276. The van der Waals surface area contributed by atoms with Gasteiger partial charge in [0.2, 0.25) is 0 Å². The average molecular weight is 292 g/mol. The van der Waals surface area contributed by atoms with Gasteiger partial charge in [0.1, 0.15) is 0 Å². The first-order valence-electron chi connectivity index (χ1n) is 7.80. The summed E-state index contributed by atoms with van der Waals surface area (Å²) in [6, 6.07) is 5.88. The number of rotatable bonds is 4. The van der Waals surface area contributed by atoms with Gasteiger partial charge in [-0.2, -0.15) is 0 Å². The summed E-state index contributed by atoms with van der Waals surface area (Å²) in [4.78, 5) is 2.48. The zero-order chi connectivity index (χ0) is 15.0. The fraction of sp³-hybridized carbons (Fsp3) is 0.647. The van der Waals surface area contributed by atoms with Gasteiger partial charge in [0.05, 0.1) is 7.11 Å². The molecule has 1 saturated carbocycles. The molecule has 0 amide bonds. The Bertz CT molecular complexity index is 514. The highest BCUT2D eigenvalue weighted by Gasteiger charge is 2.40. The zero-order valence-corrected chi connectivity index (χ0v) is 13.2. The average Bonchev–Trinajstić information content (AvgIpc) is 3.26. The molecular formula is C17H25FN2O. The molecule has 1 aromatic rings. The number of piperazine rings is 1. The smallest absolute Gasteiger partial charge is 0.165 e. The highest BCUT2D eigenvalue weighted by Crippen LogP contribution is 2.36. The van der Waals surface area contributed by atoms with Crippen LogP contribution in [0.5, 0.6) is 5.75 Å². The number of halogens is 1. The number of ether oxygens (including phenoxy) is 1. The summed E-state index contributed by atoms with van der Waals surface area (Å²) in [6.07, 6.45) is 2.70. The summed E-state index contributed by atoms with van der Waals surface area (Å²) in [5.41, 5.74) is 1.11. The Kier molecular flexibility index (Phi) is 3.93. The Labute approximate surface area is 126 Å². The third kappa shape index (κ3) is 3.22. The van der Waals surface area contributed by atoms with Crippen molar-refractivity contribution < 1.29 is 9.13 Å². The van der Waals surface area contributed by atoms with Crippen molar-refractivity contribution in [2.75, 3.05) is 20.2 Å². The molecule has 0 bridgehead atoms. The lowest BCUT2D eigenvalue weighted by Crippen LogP contribution is -2.62. The maximum Gasteiger partial charge on any atom is 0.165 e. The Hall–Kier alpha value is -1.13. The summed E-state index contributed by atoms with van der Waals surface area (Å²) in [7, 11) is 1.50. The molecule has 1 unspecified atom stereocenters. The zero-order valence-electron chi connectivity index (χ0n) is 13.2. The Morgan fingerprint density at radius 2 is 2.14 bits per heavy atom. The third-order valence-corrected chi connectivity index (χ3v) is 4.85. The van der Waals surface area contributed by atoms with Gasteiger partial charge >= 0.3 is 0 Å². The minimum Gasteiger partial charge on any atom is -0.494 e. The van der Waals surface area contributed by atoms with E-state index in [2.05, 4.69) is 24.1 Å². The van der Waals surface area contributed by atoms with E-state index in [0.29, 0.717) is 11.8 Å². The van der Waals surface area contributed by atoms with E-state index in [1.54, 1.807) is 12.1 Å². The number of nitrogens with zero attached hydrogens (tertiary/aromatic N) is 1. The second-order valence-corrected chi connectivity index (χ2v) is 6.99. The van der Waals surface area contributed by atoms with Crippen LogP contribution in [0.25, 0.3) is 0 Å². The van der Waals surface area contributed by atoms with Crippen LogP contribution in [0.3, 0.4) is 0 Å².